The second kappa shape index (κ2) is 4.31. The predicted octanol–water partition coefficient (Wildman–Crippen LogP) is 2.57. The van der Waals surface area contributed by atoms with Crippen LogP contribution in [0.1, 0.15) is 20.3 Å². The molecule has 0 saturated carbocycles. The SMILES string of the molecule is CSC1=C[C@](C)(C(C)NO)CC=C1. The van der Waals surface area contributed by atoms with E-state index in [1.54, 1.807) is 11.8 Å². The molecule has 0 aromatic rings. The minimum absolute atomic E-state index is 0.0296. The highest BCUT2D eigenvalue weighted by molar-refractivity contribution is 8.02. The zero-order valence-corrected chi connectivity index (χ0v) is 9.19. The second-order valence-corrected chi connectivity index (χ2v) is 4.59. The summed E-state index contributed by atoms with van der Waals surface area (Å²) in [6.07, 6.45) is 9.58. The molecule has 0 aromatic carbocycles. The van der Waals surface area contributed by atoms with E-state index >= 15 is 0 Å². The van der Waals surface area contributed by atoms with Crippen LogP contribution in [-0.2, 0) is 0 Å². The fourth-order valence-electron chi connectivity index (χ4n) is 1.44. The van der Waals surface area contributed by atoms with Crippen molar-refractivity contribution in [3.63, 3.8) is 0 Å². The van der Waals surface area contributed by atoms with Crippen LogP contribution in [0.4, 0.5) is 0 Å². The van der Waals surface area contributed by atoms with Gasteiger partial charge in [0, 0.05) is 16.4 Å². The minimum atomic E-state index is 0.0296. The van der Waals surface area contributed by atoms with Crippen LogP contribution in [0.3, 0.4) is 0 Å². The number of hydrogen-bond donors (Lipinski definition) is 2. The van der Waals surface area contributed by atoms with Gasteiger partial charge in [0.15, 0.2) is 0 Å². The van der Waals surface area contributed by atoms with E-state index < -0.39 is 0 Å². The maximum atomic E-state index is 8.90. The van der Waals surface area contributed by atoms with Gasteiger partial charge in [-0.1, -0.05) is 25.2 Å². The van der Waals surface area contributed by atoms with Gasteiger partial charge in [0.05, 0.1) is 0 Å². The Morgan fingerprint density at radius 3 is 2.92 bits per heavy atom. The van der Waals surface area contributed by atoms with E-state index in [-0.39, 0.29) is 11.5 Å². The van der Waals surface area contributed by atoms with Crippen molar-refractivity contribution in [2.24, 2.45) is 5.41 Å². The molecule has 3 heteroatoms. The van der Waals surface area contributed by atoms with Crippen LogP contribution in [0.2, 0.25) is 0 Å². The van der Waals surface area contributed by atoms with E-state index in [4.69, 9.17) is 5.21 Å². The van der Waals surface area contributed by atoms with Gasteiger partial charge < -0.3 is 5.21 Å². The van der Waals surface area contributed by atoms with E-state index in [1.165, 1.54) is 4.91 Å². The monoisotopic (exact) mass is 199 g/mol. The molecule has 0 fully saturated rings. The summed E-state index contributed by atoms with van der Waals surface area (Å²) < 4.78 is 0. The maximum Gasteiger partial charge on any atom is 0.0383 e. The molecule has 0 amide bonds. The van der Waals surface area contributed by atoms with E-state index in [9.17, 15) is 0 Å². The van der Waals surface area contributed by atoms with Crippen molar-refractivity contribution in [3.8, 4) is 0 Å². The number of rotatable bonds is 3. The molecule has 0 saturated heterocycles. The number of hydrogen-bond acceptors (Lipinski definition) is 3. The Morgan fingerprint density at radius 1 is 1.69 bits per heavy atom. The third kappa shape index (κ3) is 2.36. The molecular weight excluding hydrogens is 182 g/mol. The van der Waals surface area contributed by atoms with E-state index in [0.717, 1.165) is 6.42 Å². The molecule has 0 bridgehead atoms. The average Bonchev–Trinajstić information content (AvgIpc) is 2.16. The summed E-state index contributed by atoms with van der Waals surface area (Å²) in [6, 6.07) is 0.0830. The molecule has 1 aliphatic rings. The number of thioether (sulfide) groups is 1. The Labute approximate surface area is 84.1 Å². The van der Waals surface area contributed by atoms with Gasteiger partial charge in [-0.05, 0) is 19.6 Å². The first-order valence-electron chi connectivity index (χ1n) is 4.45. The first kappa shape index (κ1) is 10.8. The number of nitrogens with one attached hydrogen (secondary N) is 1. The minimum Gasteiger partial charge on any atom is -0.317 e. The normalized spacial score (nSPS) is 30.0. The molecule has 0 spiro atoms. The van der Waals surface area contributed by atoms with Crippen LogP contribution in [0.5, 0.6) is 0 Å². The average molecular weight is 199 g/mol. The highest BCUT2D eigenvalue weighted by Gasteiger charge is 2.29. The first-order chi connectivity index (χ1) is 6.12. The lowest BCUT2D eigenvalue weighted by atomic mass is 9.78. The van der Waals surface area contributed by atoms with E-state index in [0.29, 0.717) is 0 Å². The van der Waals surface area contributed by atoms with Gasteiger partial charge in [0.1, 0.15) is 0 Å². The summed E-state index contributed by atoms with van der Waals surface area (Å²) >= 11 is 1.74. The molecule has 74 valence electrons. The second-order valence-electron chi connectivity index (χ2n) is 3.71. The van der Waals surface area contributed by atoms with E-state index in [1.807, 2.05) is 6.92 Å². The van der Waals surface area contributed by atoms with Crippen molar-refractivity contribution in [1.82, 2.24) is 5.48 Å². The lowest BCUT2D eigenvalue weighted by Gasteiger charge is -2.33. The molecule has 1 rings (SSSR count). The van der Waals surface area contributed by atoms with Crippen LogP contribution in [-0.4, -0.2) is 17.5 Å². The Balaban J connectivity index is 2.81. The van der Waals surface area contributed by atoms with Gasteiger partial charge in [0.25, 0.3) is 0 Å². The Hall–Kier alpha value is -0.250. The van der Waals surface area contributed by atoms with Crippen molar-refractivity contribution >= 4 is 11.8 Å². The third-order valence-electron chi connectivity index (χ3n) is 2.73. The third-order valence-corrected chi connectivity index (χ3v) is 3.46. The summed E-state index contributed by atoms with van der Waals surface area (Å²) in [5.74, 6) is 0. The van der Waals surface area contributed by atoms with Gasteiger partial charge in [-0.2, -0.15) is 0 Å². The summed E-state index contributed by atoms with van der Waals surface area (Å²) in [4.78, 5) is 1.27. The summed E-state index contributed by atoms with van der Waals surface area (Å²) in [5.41, 5.74) is 2.36. The fourth-order valence-corrected chi connectivity index (χ4v) is 2.06. The molecule has 1 unspecified atom stereocenters. The molecule has 1 aliphatic carbocycles. The topological polar surface area (TPSA) is 32.3 Å². The highest BCUT2D eigenvalue weighted by atomic mass is 32.2. The van der Waals surface area contributed by atoms with Crippen LogP contribution in [0.15, 0.2) is 23.1 Å². The number of hydroxylamine groups is 1. The van der Waals surface area contributed by atoms with Crippen molar-refractivity contribution < 1.29 is 5.21 Å². The molecular formula is C10H17NOS. The standard InChI is InChI=1S/C10H17NOS/c1-8(11-12)10(2)6-4-5-9(7-10)13-3/h4-5,7-8,11-12H,6H2,1-3H3/t8?,10-/m1/s1. The smallest absolute Gasteiger partial charge is 0.0383 e. The summed E-state index contributed by atoms with van der Waals surface area (Å²) in [7, 11) is 0. The molecule has 0 aromatic heterocycles. The van der Waals surface area contributed by atoms with Crippen molar-refractivity contribution in [3.05, 3.63) is 23.1 Å². The van der Waals surface area contributed by atoms with Crippen LogP contribution < -0.4 is 5.48 Å². The van der Waals surface area contributed by atoms with Crippen LogP contribution in [0, 0.1) is 5.41 Å². The van der Waals surface area contributed by atoms with Crippen molar-refractivity contribution in [1.29, 1.82) is 0 Å². The van der Waals surface area contributed by atoms with Gasteiger partial charge in [-0.3, -0.25) is 0 Å². The zero-order valence-electron chi connectivity index (χ0n) is 8.37. The molecule has 0 aliphatic heterocycles. The van der Waals surface area contributed by atoms with Crippen molar-refractivity contribution in [2.75, 3.05) is 6.26 Å². The Morgan fingerprint density at radius 2 is 2.38 bits per heavy atom. The van der Waals surface area contributed by atoms with Crippen molar-refractivity contribution in [2.45, 2.75) is 26.3 Å². The quantitative estimate of drug-likeness (QED) is 0.685. The first-order valence-corrected chi connectivity index (χ1v) is 5.68. The van der Waals surface area contributed by atoms with Gasteiger partial charge in [0.2, 0.25) is 0 Å². The lowest BCUT2D eigenvalue weighted by molar-refractivity contribution is 0.0859. The van der Waals surface area contributed by atoms with Gasteiger partial charge in [-0.25, -0.2) is 5.48 Å². The largest absolute Gasteiger partial charge is 0.317 e. The predicted molar refractivity (Wildman–Crippen MR) is 57.8 cm³/mol. The molecule has 0 radical (unpaired) electrons. The zero-order chi connectivity index (χ0) is 9.90. The Kier molecular flexibility index (Phi) is 3.59. The molecule has 2 atom stereocenters. The lowest BCUT2D eigenvalue weighted by Crippen LogP contribution is -2.39. The van der Waals surface area contributed by atoms with Crippen LogP contribution >= 0.6 is 11.8 Å². The number of allylic oxidation sites excluding steroid dienone is 2. The summed E-state index contributed by atoms with van der Waals surface area (Å²) in [6.45, 7) is 4.15. The molecule has 13 heavy (non-hydrogen) atoms. The maximum absolute atomic E-state index is 8.90. The van der Waals surface area contributed by atoms with E-state index in [2.05, 4.69) is 36.9 Å². The molecule has 2 nitrogen and oxygen atoms in total. The van der Waals surface area contributed by atoms with Crippen LogP contribution in [0.25, 0.3) is 0 Å². The highest BCUT2D eigenvalue weighted by Crippen LogP contribution is 2.35. The van der Waals surface area contributed by atoms with Gasteiger partial charge >= 0.3 is 0 Å². The molecule has 0 heterocycles. The Bertz CT molecular complexity index is 237. The fraction of sp³-hybridized carbons (Fsp3) is 0.600. The summed E-state index contributed by atoms with van der Waals surface area (Å²) in [5, 5.41) is 8.90. The van der Waals surface area contributed by atoms with Gasteiger partial charge in [-0.15, -0.1) is 11.8 Å². The molecule has 2 N–H and O–H groups in total.